The van der Waals surface area contributed by atoms with Crippen molar-refractivity contribution in [3.8, 4) is 6.01 Å². The Hall–Kier alpha value is -4.21. The minimum absolute atomic E-state index is 0.0639. The van der Waals surface area contributed by atoms with Crippen LogP contribution >= 0.6 is 0 Å². The van der Waals surface area contributed by atoms with E-state index >= 15 is 4.39 Å². The Balaban J connectivity index is 1.43. The molecule has 2 fully saturated rings. The first-order chi connectivity index (χ1) is 22.4. The fourth-order valence-electron chi connectivity index (χ4n) is 6.14. The molecule has 5 rings (SSSR count). The molecule has 3 aromatic rings. The quantitative estimate of drug-likeness (QED) is 0.238. The SMILES string of the molecule is CC(C)Oc1ncc(C(c2ccc(F)cc2)C(NC(=O)O)C(=O)Nc2cccc(F)c2CC[C@H]2CN[C@@H]3CCCS(=O)(=O)N2C3)cn1. The number of carbonyl (C=O) groups excluding carboxylic acids is 1. The van der Waals surface area contributed by atoms with Gasteiger partial charge in [0.2, 0.25) is 15.9 Å². The molecule has 2 aliphatic heterocycles. The van der Waals surface area contributed by atoms with Gasteiger partial charge in [-0.25, -0.2) is 32.0 Å². The molecule has 1 aromatic heterocycles. The summed E-state index contributed by atoms with van der Waals surface area (Å²) in [5.41, 5.74) is 0.994. The normalized spacial score (nSPS) is 21.7. The summed E-state index contributed by atoms with van der Waals surface area (Å²) in [6.07, 6.45) is 2.82. The number of rotatable bonds is 11. The number of aromatic nitrogens is 2. The third-order valence-electron chi connectivity index (χ3n) is 8.34. The zero-order valence-corrected chi connectivity index (χ0v) is 26.8. The van der Waals surface area contributed by atoms with E-state index in [9.17, 15) is 27.5 Å². The van der Waals surface area contributed by atoms with Gasteiger partial charge in [0.15, 0.2) is 0 Å². The monoisotopic (exact) mass is 672 g/mol. The Kier molecular flexibility index (Phi) is 10.7. The summed E-state index contributed by atoms with van der Waals surface area (Å²) in [5, 5.41) is 18.1. The Morgan fingerprint density at radius 3 is 2.51 bits per heavy atom. The van der Waals surface area contributed by atoms with Crippen LogP contribution in [0.15, 0.2) is 54.9 Å². The summed E-state index contributed by atoms with van der Waals surface area (Å²) in [6, 6.07) is 7.65. The number of ether oxygens (including phenoxy) is 1. The lowest BCUT2D eigenvalue weighted by atomic mass is 9.85. The molecule has 2 bridgehead atoms. The summed E-state index contributed by atoms with van der Waals surface area (Å²) in [6.45, 7) is 4.38. The van der Waals surface area contributed by atoms with Crippen molar-refractivity contribution < 1.29 is 36.6 Å². The van der Waals surface area contributed by atoms with Crippen molar-refractivity contribution >= 4 is 27.7 Å². The summed E-state index contributed by atoms with van der Waals surface area (Å²) >= 11 is 0. The van der Waals surface area contributed by atoms with E-state index in [-0.39, 0.29) is 41.6 Å². The molecule has 47 heavy (non-hydrogen) atoms. The molecule has 2 aromatic carbocycles. The van der Waals surface area contributed by atoms with E-state index in [1.807, 2.05) is 0 Å². The average Bonchev–Trinajstić information content (AvgIpc) is 3.13. The van der Waals surface area contributed by atoms with Gasteiger partial charge in [-0.1, -0.05) is 18.2 Å². The molecule has 0 spiro atoms. The predicted molar refractivity (Wildman–Crippen MR) is 170 cm³/mol. The van der Waals surface area contributed by atoms with E-state index in [4.69, 9.17) is 4.74 Å². The molecule has 3 unspecified atom stereocenters. The van der Waals surface area contributed by atoms with Gasteiger partial charge in [-0.05, 0) is 74.9 Å². The van der Waals surface area contributed by atoms with Crippen molar-refractivity contribution in [2.24, 2.45) is 0 Å². The van der Waals surface area contributed by atoms with E-state index in [1.54, 1.807) is 13.8 Å². The summed E-state index contributed by atoms with van der Waals surface area (Å²) in [5.74, 6) is -2.90. The van der Waals surface area contributed by atoms with Gasteiger partial charge in [0.25, 0.3) is 0 Å². The lowest BCUT2D eigenvalue weighted by Crippen LogP contribution is -2.57. The van der Waals surface area contributed by atoms with Crippen molar-refractivity contribution in [3.05, 3.63) is 83.2 Å². The fraction of sp³-hybridized carbons (Fsp3) is 0.438. The second-order valence-corrected chi connectivity index (χ2v) is 14.0. The van der Waals surface area contributed by atoms with Gasteiger partial charge < -0.3 is 25.8 Å². The number of halogens is 2. The van der Waals surface area contributed by atoms with E-state index in [2.05, 4.69) is 25.9 Å². The number of benzene rings is 2. The smallest absolute Gasteiger partial charge is 0.405 e. The molecule has 12 nitrogen and oxygen atoms in total. The summed E-state index contributed by atoms with van der Waals surface area (Å²) < 4.78 is 62.1. The molecule has 252 valence electrons. The topological polar surface area (TPSA) is 163 Å². The van der Waals surface area contributed by atoms with Gasteiger partial charge >= 0.3 is 12.1 Å². The van der Waals surface area contributed by atoms with Gasteiger partial charge in [-0.2, -0.15) is 4.31 Å². The van der Waals surface area contributed by atoms with Crippen LogP contribution in [-0.4, -0.2) is 82.9 Å². The maximum atomic E-state index is 15.3. The number of carboxylic acid groups (broad SMARTS) is 1. The minimum Gasteiger partial charge on any atom is -0.465 e. The van der Waals surface area contributed by atoms with Crippen LogP contribution in [-0.2, 0) is 21.2 Å². The molecular weight excluding hydrogens is 634 g/mol. The lowest BCUT2D eigenvalue weighted by molar-refractivity contribution is -0.118. The van der Waals surface area contributed by atoms with Gasteiger partial charge in [0, 0.05) is 54.7 Å². The number of piperazine rings is 1. The zero-order chi connectivity index (χ0) is 33.7. The Morgan fingerprint density at radius 2 is 1.83 bits per heavy atom. The highest BCUT2D eigenvalue weighted by Gasteiger charge is 2.38. The molecule has 0 radical (unpaired) electrons. The Labute approximate surface area is 272 Å². The second-order valence-electron chi connectivity index (χ2n) is 12.0. The molecule has 4 N–H and O–H groups in total. The molecule has 2 saturated heterocycles. The van der Waals surface area contributed by atoms with Crippen LogP contribution in [0, 0.1) is 11.6 Å². The average molecular weight is 673 g/mol. The number of nitrogens with zero attached hydrogens (tertiary/aromatic N) is 3. The highest BCUT2D eigenvalue weighted by atomic mass is 32.2. The molecule has 3 heterocycles. The molecule has 15 heteroatoms. The van der Waals surface area contributed by atoms with Crippen molar-refractivity contribution in [1.29, 1.82) is 0 Å². The fourth-order valence-corrected chi connectivity index (χ4v) is 7.94. The number of amides is 2. The van der Waals surface area contributed by atoms with E-state index in [1.165, 1.54) is 59.2 Å². The molecule has 0 saturated carbocycles. The lowest BCUT2D eigenvalue weighted by Gasteiger charge is -2.37. The third kappa shape index (κ3) is 8.39. The van der Waals surface area contributed by atoms with Gasteiger partial charge in [-0.3, -0.25) is 4.79 Å². The van der Waals surface area contributed by atoms with Crippen LogP contribution in [0.5, 0.6) is 6.01 Å². The predicted octanol–water partition coefficient (Wildman–Crippen LogP) is 3.65. The maximum Gasteiger partial charge on any atom is 0.405 e. The Bertz CT molecular complexity index is 1680. The zero-order valence-electron chi connectivity index (χ0n) is 26.0. The van der Waals surface area contributed by atoms with Crippen LogP contribution in [0.1, 0.15) is 55.7 Å². The summed E-state index contributed by atoms with van der Waals surface area (Å²) in [4.78, 5) is 34.4. The number of carbonyl (C=O) groups is 2. The molecule has 2 aliphatic rings. The van der Waals surface area contributed by atoms with Crippen LogP contribution in [0.25, 0.3) is 0 Å². The van der Waals surface area contributed by atoms with Gasteiger partial charge in [0.05, 0.1) is 11.9 Å². The molecular formula is C32H38F2N6O6S. The second kappa shape index (κ2) is 14.7. The highest BCUT2D eigenvalue weighted by molar-refractivity contribution is 7.89. The van der Waals surface area contributed by atoms with Crippen LogP contribution < -0.4 is 20.7 Å². The number of anilines is 1. The van der Waals surface area contributed by atoms with Crippen molar-refractivity contribution in [3.63, 3.8) is 0 Å². The van der Waals surface area contributed by atoms with E-state index < -0.39 is 51.7 Å². The first kappa shape index (κ1) is 34.1. The highest BCUT2D eigenvalue weighted by Crippen LogP contribution is 2.31. The van der Waals surface area contributed by atoms with Crippen LogP contribution in [0.2, 0.25) is 0 Å². The molecule has 5 atom stereocenters. The number of hydrogen-bond acceptors (Lipinski definition) is 8. The number of sulfonamides is 1. The van der Waals surface area contributed by atoms with Crippen LogP contribution in [0.3, 0.4) is 0 Å². The number of hydrogen-bond donors (Lipinski definition) is 4. The van der Waals surface area contributed by atoms with E-state index in [0.717, 1.165) is 6.42 Å². The van der Waals surface area contributed by atoms with Crippen LogP contribution in [0.4, 0.5) is 19.3 Å². The largest absolute Gasteiger partial charge is 0.465 e. The van der Waals surface area contributed by atoms with Gasteiger partial charge in [0.1, 0.15) is 17.7 Å². The third-order valence-corrected chi connectivity index (χ3v) is 10.3. The molecule has 0 aliphatic carbocycles. The van der Waals surface area contributed by atoms with Crippen molar-refractivity contribution in [2.75, 3.05) is 24.2 Å². The summed E-state index contributed by atoms with van der Waals surface area (Å²) in [7, 11) is -3.46. The van der Waals surface area contributed by atoms with Crippen molar-refractivity contribution in [1.82, 2.24) is 24.9 Å². The number of fused-ring (bicyclic) bond motifs is 2. The first-order valence-corrected chi connectivity index (χ1v) is 17.1. The minimum atomic E-state index is -3.46. The standard InChI is InChI=1S/C32H38F2N6O6S/c1-19(2)46-31-36-15-21(16-37-31)28(20-8-10-22(33)11-9-20)29(39-32(42)43)30(41)38-27-7-3-6-26(34)25(27)13-12-24-17-35-23-5-4-14-47(44,45)40(24)18-23/h3,6-11,15-16,19,23-24,28-29,35,39H,4-5,12-14,17-18H2,1-2H3,(H,38,41)(H,42,43)/t23-,24+,28?,29?/m1/s1. The number of nitrogens with one attached hydrogen (secondary N) is 3. The Morgan fingerprint density at radius 1 is 1.11 bits per heavy atom. The molecule has 2 amide bonds. The van der Waals surface area contributed by atoms with E-state index in [0.29, 0.717) is 37.1 Å². The van der Waals surface area contributed by atoms with Crippen molar-refractivity contribution in [2.45, 2.75) is 69.7 Å². The maximum absolute atomic E-state index is 15.3. The van der Waals surface area contributed by atoms with Gasteiger partial charge in [-0.15, -0.1) is 0 Å². The first-order valence-electron chi connectivity index (χ1n) is 15.5.